The van der Waals surface area contributed by atoms with Crippen molar-refractivity contribution in [2.45, 2.75) is 0 Å². The van der Waals surface area contributed by atoms with Crippen molar-refractivity contribution in [2.75, 3.05) is 5.73 Å². The third kappa shape index (κ3) is 3.23. The smallest absolute Gasteiger partial charge is 0.342 e. The maximum absolute atomic E-state index is 12.1. The molecular weight excluding hydrogens is 352 g/mol. The van der Waals surface area contributed by atoms with Gasteiger partial charge in [0, 0.05) is 5.56 Å². The molecule has 3 rings (SSSR count). The second-order valence-electron chi connectivity index (χ2n) is 5.73. The number of aromatic hydroxyl groups is 1. The van der Waals surface area contributed by atoms with Crippen LogP contribution in [0, 0.1) is 0 Å². The largest absolute Gasteiger partial charge is 0.508 e. The Morgan fingerprint density at radius 2 is 1.41 bits per heavy atom. The zero-order valence-corrected chi connectivity index (χ0v) is 13.8. The van der Waals surface area contributed by atoms with E-state index in [4.69, 9.17) is 5.73 Å². The molecule has 0 bridgehead atoms. The van der Waals surface area contributed by atoms with Crippen LogP contribution in [-0.2, 0) is 0 Å². The van der Waals surface area contributed by atoms with E-state index in [0.717, 1.165) is 0 Å². The van der Waals surface area contributed by atoms with Crippen LogP contribution in [0.4, 0.5) is 5.82 Å². The summed E-state index contributed by atoms with van der Waals surface area (Å²) >= 11 is 0. The van der Waals surface area contributed by atoms with Crippen molar-refractivity contribution in [3.63, 3.8) is 0 Å². The van der Waals surface area contributed by atoms with Gasteiger partial charge >= 0.3 is 11.9 Å². The maximum Gasteiger partial charge on any atom is 0.342 e. The van der Waals surface area contributed by atoms with Crippen LogP contribution in [0.3, 0.4) is 0 Å². The van der Waals surface area contributed by atoms with Crippen LogP contribution in [0.15, 0.2) is 53.3 Å². The third-order valence-corrected chi connectivity index (χ3v) is 4.00. The fourth-order valence-corrected chi connectivity index (χ4v) is 2.88. The van der Waals surface area contributed by atoms with Crippen molar-refractivity contribution in [1.82, 2.24) is 4.98 Å². The van der Waals surface area contributed by atoms with E-state index in [-0.39, 0.29) is 16.9 Å². The van der Waals surface area contributed by atoms with Crippen molar-refractivity contribution in [3.05, 3.63) is 70.0 Å². The van der Waals surface area contributed by atoms with Crippen LogP contribution in [0.5, 0.6) is 5.75 Å². The number of benzene rings is 2. The predicted molar refractivity (Wildman–Crippen MR) is 97.9 cm³/mol. The Hall–Kier alpha value is -4.07. The summed E-state index contributed by atoms with van der Waals surface area (Å²) in [6, 6.07) is 12.7. The molecule has 3 aromatic rings. The highest BCUT2D eigenvalue weighted by Crippen LogP contribution is 2.32. The van der Waals surface area contributed by atoms with E-state index in [1.807, 2.05) is 0 Å². The molecule has 1 heterocycles. The highest BCUT2D eigenvalue weighted by Gasteiger charge is 2.26. The molecule has 8 nitrogen and oxygen atoms in total. The van der Waals surface area contributed by atoms with E-state index in [1.165, 1.54) is 24.3 Å². The van der Waals surface area contributed by atoms with Gasteiger partial charge in [0.2, 0.25) is 0 Å². The topological polar surface area (TPSA) is 154 Å². The minimum absolute atomic E-state index is 0.0377. The van der Waals surface area contributed by atoms with Gasteiger partial charge in [-0.2, -0.15) is 0 Å². The molecule has 0 radical (unpaired) electrons. The van der Waals surface area contributed by atoms with Gasteiger partial charge < -0.3 is 26.0 Å². The highest BCUT2D eigenvalue weighted by atomic mass is 16.4. The zero-order valence-electron chi connectivity index (χ0n) is 13.8. The summed E-state index contributed by atoms with van der Waals surface area (Å²) in [5.74, 6) is -3.44. The van der Waals surface area contributed by atoms with Gasteiger partial charge in [-0.05, 0) is 34.9 Å². The molecular formula is C19H14N2O6. The zero-order chi connectivity index (χ0) is 19.7. The van der Waals surface area contributed by atoms with E-state index in [0.29, 0.717) is 11.1 Å². The van der Waals surface area contributed by atoms with Gasteiger partial charge in [-0.15, -0.1) is 0 Å². The molecule has 0 unspecified atom stereocenters. The Morgan fingerprint density at radius 1 is 0.852 bits per heavy atom. The number of nitrogens with one attached hydrogen (secondary N) is 1. The number of hydrogen-bond acceptors (Lipinski definition) is 5. The molecule has 0 spiro atoms. The Morgan fingerprint density at radius 3 is 2.00 bits per heavy atom. The second-order valence-corrected chi connectivity index (χ2v) is 5.73. The van der Waals surface area contributed by atoms with Crippen LogP contribution < -0.4 is 11.3 Å². The summed E-state index contributed by atoms with van der Waals surface area (Å²) in [7, 11) is 0. The first-order valence-electron chi connectivity index (χ1n) is 7.71. The normalized spacial score (nSPS) is 10.5. The van der Waals surface area contributed by atoms with E-state index in [9.17, 15) is 29.7 Å². The third-order valence-electron chi connectivity index (χ3n) is 4.00. The van der Waals surface area contributed by atoms with E-state index in [2.05, 4.69) is 4.98 Å². The van der Waals surface area contributed by atoms with E-state index >= 15 is 0 Å². The molecule has 27 heavy (non-hydrogen) atoms. The lowest BCUT2D eigenvalue weighted by Crippen LogP contribution is -2.24. The summed E-state index contributed by atoms with van der Waals surface area (Å²) in [6.45, 7) is 0. The number of H-pyrrole nitrogens is 1. The molecule has 136 valence electrons. The quantitative estimate of drug-likeness (QED) is 0.475. The number of nitrogen functional groups attached to an aromatic ring is 1. The highest BCUT2D eigenvalue weighted by molar-refractivity contribution is 6.07. The Kier molecular flexibility index (Phi) is 4.39. The lowest BCUT2D eigenvalue weighted by atomic mass is 9.93. The van der Waals surface area contributed by atoms with Crippen LogP contribution in [0.25, 0.3) is 22.3 Å². The maximum atomic E-state index is 12.1. The SMILES string of the molecule is Nc1[nH]c(=O)c(C(=O)O)c(-c2cccc(-c3cccc(O)c3)c2)c1C(=O)O. The number of rotatable bonds is 4. The standard InChI is InChI=1S/C19H14N2O6/c20-16-14(18(24)25)13(15(19(26)27)17(23)21-16)11-5-1-3-9(7-11)10-4-2-6-12(22)8-10/h1-8,22H,(H,24,25)(H,26,27)(H3,20,21,23). The minimum atomic E-state index is -1.57. The summed E-state index contributed by atoms with van der Waals surface area (Å²) in [5.41, 5.74) is 4.56. The Balaban J connectivity index is 2.34. The van der Waals surface area contributed by atoms with Crippen molar-refractivity contribution < 1.29 is 24.9 Å². The van der Waals surface area contributed by atoms with Crippen LogP contribution in [0.2, 0.25) is 0 Å². The Bertz CT molecular complexity index is 1130. The van der Waals surface area contributed by atoms with Gasteiger partial charge in [-0.25, -0.2) is 9.59 Å². The first-order valence-corrected chi connectivity index (χ1v) is 7.71. The average Bonchev–Trinajstić information content (AvgIpc) is 2.60. The van der Waals surface area contributed by atoms with E-state index in [1.54, 1.807) is 24.3 Å². The first kappa shape index (κ1) is 17.7. The van der Waals surface area contributed by atoms with Crippen molar-refractivity contribution in [1.29, 1.82) is 0 Å². The number of aromatic carboxylic acids is 2. The number of carboxylic acids is 2. The van der Waals surface area contributed by atoms with E-state index < -0.39 is 34.4 Å². The average molecular weight is 366 g/mol. The number of nitrogens with two attached hydrogens (primary N) is 1. The molecule has 2 aromatic carbocycles. The number of phenolic OH excluding ortho intramolecular Hbond substituents is 1. The van der Waals surface area contributed by atoms with Gasteiger partial charge in [-0.1, -0.05) is 30.3 Å². The molecule has 0 atom stereocenters. The summed E-state index contributed by atoms with van der Waals surface area (Å²) in [6.07, 6.45) is 0. The molecule has 0 aliphatic carbocycles. The van der Waals surface area contributed by atoms with Crippen molar-refractivity contribution in [2.24, 2.45) is 0 Å². The monoisotopic (exact) mass is 366 g/mol. The molecule has 0 amide bonds. The van der Waals surface area contributed by atoms with Crippen LogP contribution in [0.1, 0.15) is 20.7 Å². The second kappa shape index (κ2) is 6.68. The number of aromatic nitrogens is 1. The number of carboxylic acid groups (broad SMARTS) is 2. The molecule has 0 aliphatic rings. The van der Waals surface area contributed by atoms with Crippen molar-refractivity contribution >= 4 is 17.8 Å². The minimum Gasteiger partial charge on any atom is -0.508 e. The van der Waals surface area contributed by atoms with Gasteiger partial charge in [0.1, 0.15) is 22.7 Å². The number of pyridine rings is 1. The van der Waals surface area contributed by atoms with Gasteiger partial charge in [0.15, 0.2) is 0 Å². The number of phenols is 1. The fraction of sp³-hybridized carbons (Fsp3) is 0. The Labute approximate surface area is 152 Å². The number of carbonyl (C=O) groups is 2. The molecule has 0 aliphatic heterocycles. The summed E-state index contributed by atoms with van der Waals surface area (Å²) < 4.78 is 0. The molecule has 1 aromatic heterocycles. The predicted octanol–water partition coefficient (Wildman–Crippen LogP) is 2.39. The van der Waals surface area contributed by atoms with Gasteiger partial charge in [0.05, 0.1) is 0 Å². The summed E-state index contributed by atoms with van der Waals surface area (Å²) in [5, 5.41) is 28.6. The van der Waals surface area contributed by atoms with Gasteiger partial charge in [0.25, 0.3) is 5.56 Å². The molecule has 8 heteroatoms. The van der Waals surface area contributed by atoms with Crippen LogP contribution >= 0.6 is 0 Å². The van der Waals surface area contributed by atoms with Crippen LogP contribution in [-0.4, -0.2) is 32.2 Å². The van der Waals surface area contributed by atoms with Crippen molar-refractivity contribution in [3.8, 4) is 28.0 Å². The fourth-order valence-electron chi connectivity index (χ4n) is 2.88. The van der Waals surface area contributed by atoms with Gasteiger partial charge in [-0.3, -0.25) is 4.79 Å². The lowest BCUT2D eigenvalue weighted by Gasteiger charge is -2.13. The first-order chi connectivity index (χ1) is 12.8. The number of aromatic amines is 1. The number of anilines is 1. The lowest BCUT2D eigenvalue weighted by molar-refractivity contribution is 0.0695. The molecule has 0 saturated carbocycles. The molecule has 0 saturated heterocycles. The molecule has 0 fully saturated rings. The summed E-state index contributed by atoms with van der Waals surface area (Å²) in [4.78, 5) is 37.5. The number of hydrogen-bond donors (Lipinski definition) is 5. The molecule has 6 N–H and O–H groups in total.